The van der Waals surface area contributed by atoms with Gasteiger partial charge in [-0.25, -0.2) is 10.9 Å². The molecule has 0 bridgehead atoms. The van der Waals surface area contributed by atoms with Crippen LogP contribution < -0.4 is 10.9 Å². The summed E-state index contributed by atoms with van der Waals surface area (Å²) in [6.45, 7) is 0.446. The number of nitrogens with zero attached hydrogens (tertiary/aromatic N) is 1. The first kappa shape index (κ1) is 16.9. The van der Waals surface area contributed by atoms with Gasteiger partial charge in [-0.1, -0.05) is 30.3 Å². The third kappa shape index (κ3) is 3.58. The molecule has 3 rings (SSSR count). The minimum absolute atomic E-state index is 0.0478. The Bertz CT molecular complexity index is 595. The van der Waals surface area contributed by atoms with E-state index in [2.05, 4.69) is 10.9 Å². The number of hydrogen-bond donors (Lipinski definition) is 3. The summed E-state index contributed by atoms with van der Waals surface area (Å²) in [5, 5.41) is 9.08. The molecule has 24 heavy (non-hydrogen) atoms. The highest BCUT2D eigenvalue weighted by Gasteiger charge is 2.41. The van der Waals surface area contributed by atoms with E-state index >= 15 is 0 Å². The molecule has 0 radical (unpaired) electrons. The maximum atomic E-state index is 12.9. The Labute approximate surface area is 140 Å². The number of carbonyl (C=O) groups excluding carboxylic acids is 1. The van der Waals surface area contributed by atoms with E-state index in [0.717, 1.165) is 5.56 Å². The lowest BCUT2D eigenvalue weighted by Crippen LogP contribution is -2.48. The molecular weight excluding hydrogens is 310 g/mol. The number of ether oxygens (including phenoxy) is 1. The van der Waals surface area contributed by atoms with Crippen molar-refractivity contribution in [3.8, 4) is 0 Å². The van der Waals surface area contributed by atoms with Gasteiger partial charge >= 0.3 is 5.97 Å². The molecule has 4 unspecified atom stereocenters. The first-order valence-electron chi connectivity index (χ1n) is 8.19. The van der Waals surface area contributed by atoms with Crippen LogP contribution in [0.25, 0.3) is 0 Å². The van der Waals surface area contributed by atoms with Gasteiger partial charge in [-0.2, -0.15) is 0 Å². The van der Waals surface area contributed by atoms with Gasteiger partial charge in [0.15, 0.2) is 0 Å². The fraction of sp³-hybridized carbons (Fsp3) is 0.529. The largest absolute Gasteiger partial charge is 0.481 e. The van der Waals surface area contributed by atoms with Crippen LogP contribution in [0.15, 0.2) is 30.3 Å². The Kier molecular flexibility index (Phi) is 5.13. The van der Waals surface area contributed by atoms with E-state index in [-0.39, 0.29) is 36.6 Å². The second kappa shape index (κ2) is 7.29. The van der Waals surface area contributed by atoms with Crippen molar-refractivity contribution in [3.63, 3.8) is 0 Å². The summed E-state index contributed by atoms with van der Waals surface area (Å²) in [4.78, 5) is 25.6. The summed E-state index contributed by atoms with van der Waals surface area (Å²) < 4.78 is 5.33. The average Bonchev–Trinajstić information content (AvgIpc) is 3.21. The van der Waals surface area contributed by atoms with Crippen molar-refractivity contribution in [2.24, 2.45) is 0 Å². The van der Waals surface area contributed by atoms with Crippen molar-refractivity contribution < 1.29 is 19.4 Å². The molecule has 2 aliphatic heterocycles. The number of benzene rings is 1. The van der Waals surface area contributed by atoms with Crippen molar-refractivity contribution in [2.45, 2.75) is 43.5 Å². The number of carboxylic acids is 1. The van der Waals surface area contributed by atoms with E-state index in [9.17, 15) is 9.59 Å². The second-order valence-electron chi connectivity index (χ2n) is 6.38. The minimum Gasteiger partial charge on any atom is -0.481 e. The third-order valence-corrected chi connectivity index (χ3v) is 4.81. The molecule has 2 fully saturated rings. The topological polar surface area (TPSA) is 90.9 Å². The lowest BCUT2D eigenvalue weighted by Gasteiger charge is -2.26. The number of carbonyl (C=O) groups is 2. The zero-order chi connectivity index (χ0) is 17.1. The van der Waals surface area contributed by atoms with Gasteiger partial charge < -0.3 is 14.7 Å². The van der Waals surface area contributed by atoms with E-state index in [1.165, 1.54) is 0 Å². The number of hydrazine groups is 1. The molecule has 3 N–H and O–H groups in total. The summed E-state index contributed by atoms with van der Waals surface area (Å²) >= 11 is 0. The van der Waals surface area contributed by atoms with Gasteiger partial charge in [0.1, 0.15) is 6.04 Å². The molecule has 2 heterocycles. The number of likely N-dealkylation sites (tertiary alicyclic amines) is 1. The molecule has 0 saturated carbocycles. The van der Waals surface area contributed by atoms with Gasteiger partial charge in [0.05, 0.1) is 12.5 Å². The monoisotopic (exact) mass is 333 g/mol. The van der Waals surface area contributed by atoms with Crippen molar-refractivity contribution in [2.75, 3.05) is 13.7 Å². The fourth-order valence-corrected chi connectivity index (χ4v) is 3.53. The molecule has 2 saturated heterocycles. The Morgan fingerprint density at radius 2 is 2.00 bits per heavy atom. The summed E-state index contributed by atoms with van der Waals surface area (Å²) in [7, 11) is 1.59. The van der Waals surface area contributed by atoms with Crippen LogP contribution in [0.5, 0.6) is 0 Å². The van der Waals surface area contributed by atoms with E-state index < -0.39 is 5.97 Å². The summed E-state index contributed by atoms with van der Waals surface area (Å²) in [5.74, 6) is -0.957. The number of nitrogens with one attached hydrogen (secondary N) is 2. The minimum atomic E-state index is -0.894. The van der Waals surface area contributed by atoms with Crippen LogP contribution in [0, 0.1) is 0 Å². The van der Waals surface area contributed by atoms with Crippen LogP contribution in [-0.4, -0.2) is 53.7 Å². The first-order chi connectivity index (χ1) is 11.6. The van der Waals surface area contributed by atoms with Crippen molar-refractivity contribution >= 4 is 11.9 Å². The van der Waals surface area contributed by atoms with Gasteiger partial charge in [0.25, 0.3) is 0 Å². The Hall–Kier alpha value is -1.96. The molecule has 1 amide bonds. The normalized spacial score (nSPS) is 29.8. The van der Waals surface area contributed by atoms with Crippen LogP contribution in [0.4, 0.5) is 0 Å². The maximum Gasteiger partial charge on any atom is 0.305 e. The molecule has 0 spiro atoms. The van der Waals surface area contributed by atoms with E-state index in [4.69, 9.17) is 9.84 Å². The van der Waals surface area contributed by atoms with Gasteiger partial charge in [-0.05, 0) is 18.4 Å². The Morgan fingerprint density at radius 3 is 2.67 bits per heavy atom. The van der Waals surface area contributed by atoms with Crippen molar-refractivity contribution in [3.05, 3.63) is 35.9 Å². The number of aliphatic carboxylic acids is 1. The highest BCUT2D eigenvalue weighted by atomic mass is 16.5. The zero-order valence-electron chi connectivity index (χ0n) is 13.6. The molecule has 130 valence electrons. The second-order valence-corrected chi connectivity index (χ2v) is 6.38. The number of rotatable bonds is 5. The lowest BCUT2D eigenvalue weighted by atomic mass is 10.0. The average molecular weight is 333 g/mol. The standard InChI is InChI=1S/C17H23N3O4/c1-24-13-7-12(8-16(21)22)20(10-13)17(23)15-9-14(18-19-15)11-5-3-2-4-6-11/h2-6,12-15,18-19H,7-10H2,1H3,(H,21,22). The highest BCUT2D eigenvalue weighted by molar-refractivity contribution is 5.83. The van der Waals surface area contributed by atoms with Crippen molar-refractivity contribution in [1.82, 2.24) is 15.8 Å². The molecule has 2 aliphatic rings. The van der Waals surface area contributed by atoms with E-state index in [1.54, 1.807) is 12.0 Å². The van der Waals surface area contributed by atoms with E-state index in [0.29, 0.717) is 19.4 Å². The highest BCUT2D eigenvalue weighted by Crippen LogP contribution is 2.27. The summed E-state index contributed by atoms with van der Waals surface area (Å²) in [5.41, 5.74) is 7.35. The summed E-state index contributed by atoms with van der Waals surface area (Å²) in [6, 6.07) is 9.35. The molecule has 4 atom stereocenters. The van der Waals surface area contributed by atoms with Gasteiger partial charge in [0.2, 0.25) is 5.91 Å². The van der Waals surface area contributed by atoms with Gasteiger partial charge in [-0.15, -0.1) is 0 Å². The smallest absolute Gasteiger partial charge is 0.305 e. The number of amides is 1. The van der Waals surface area contributed by atoms with Crippen molar-refractivity contribution in [1.29, 1.82) is 0 Å². The number of hydrogen-bond acceptors (Lipinski definition) is 5. The van der Waals surface area contributed by atoms with Gasteiger partial charge in [0, 0.05) is 25.7 Å². The molecule has 7 nitrogen and oxygen atoms in total. The Morgan fingerprint density at radius 1 is 1.25 bits per heavy atom. The van der Waals surface area contributed by atoms with Crippen LogP contribution in [0.2, 0.25) is 0 Å². The molecule has 0 aromatic heterocycles. The van der Waals surface area contributed by atoms with Gasteiger partial charge in [-0.3, -0.25) is 9.59 Å². The van der Waals surface area contributed by atoms with Crippen LogP contribution in [0.3, 0.4) is 0 Å². The number of carboxylic acid groups (broad SMARTS) is 1. The quantitative estimate of drug-likeness (QED) is 0.734. The van der Waals surface area contributed by atoms with Crippen LogP contribution >= 0.6 is 0 Å². The predicted molar refractivity (Wildman–Crippen MR) is 87.0 cm³/mol. The zero-order valence-corrected chi connectivity index (χ0v) is 13.6. The maximum absolute atomic E-state index is 12.9. The van der Waals surface area contributed by atoms with Crippen LogP contribution in [0.1, 0.15) is 30.9 Å². The summed E-state index contributed by atoms with van der Waals surface area (Å²) in [6.07, 6.45) is 1.05. The first-order valence-corrected chi connectivity index (χ1v) is 8.19. The molecular formula is C17H23N3O4. The molecule has 1 aromatic rings. The fourth-order valence-electron chi connectivity index (χ4n) is 3.53. The molecule has 1 aromatic carbocycles. The lowest BCUT2D eigenvalue weighted by molar-refractivity contribution is -0.140. The molecule has 7 heteroatoms. The number of methoxy groups -OCH3 is 1. The van der Waals surface area contributed by atoms with Crippen LogP contribution in [-0.2, 0) is 14.3 Å². The predicted octanol–water partition coefficient (Wildman–Crippen LogP) is 0.685. The molecule has 0 aliphatic carbocycles. The Balaban J connectivity index is 1.66. The SMILES string of the molecule is COC1CC(CC(=O)O)N(C(=O)C2CC(c3ccccc3)NN2)C1. The van der Waals surface area contributed by atoms with E-state index in [1.807, 2.05) is 30.3 Å². The third-order valence-electron chi connectivity index (χ3n) is 4.81.